The van der Waals surface area contributed by atoms with Crippen molar-refractivity contribution < 1.29 is 14.0 Å². The SMILES string of the molecule is Cc1occc1C(=O)NNC(=O)CC1C=CCC1. The lowest BCUT2D eigenvalue weighted by Crippen LogP contribution is -2.42. The van der Waals surface area contributed by atoms with Gasteiger partial charge in [-0.3, -0.25) is 20.4 Å². The van der Waals surface area contributed by atoms with Crippen molar-refractivity contribution >= 4 is 11.8 Å². The molecule has 0 fully saturated rings. The summed E-state index contributed by atoms with van der Waals surface area (Å²) in [5.74, 6) is 0.274. The first kappa shape index (κ1) is 12.4. The van der Waals surface area contributed by atoms with Gasteiger partial charge in [0, 0.05) is 6.42 Å². The van der Waals surface area contributed by atoms with E-state index in [4.69, 9.17) is 4.42 Å². The Balaban J connectivity index is 1.77. The zero-order chi connectivity index (χ0) is 13.0. The van der Waals surface area contributed by atoms with Crippen LogP contribution in [0.2, 0.25) is 0 Å². The summed E-state index contributed by atoms with van der Waals surface area (Å²) in [5, 5.41) is 0. The number of nitrogens with one attached hydrogen (secondary N) is 2. The van der Waals surface area contributed by atoms with Crippen LogP contribution in [0.4, 0.5) is 0 Å². The molecule has 0 spiro atoms. The van der Waals surface area contributed by atoms with Gasteiger partial charge in [-0.1, -0.05) is 12.2 Å². The number of furan rings is 1. The first-order valence-electron chi connectivity index (χ1n) is 5.97. The second-order valence-corrected chi connectivity index (χ2v) is 4.36. The lowest BCUT2D eigenvalue weighted by molar-refractivity contribution is -0.122. The van der Waals surface area contributed by atoms with Crippen LogP contribution in [0.15, 0.2) is 28.9 Å². The Morgan fingerprint density at radius 2 is 2.28 bits per heavy atom. The number of hydrogen-bond acceptors (Lipinski definition) is 3. The van der Waals surface area contributed by atoms with E-state index in [0.717, 1.165) is 12.8 Å². The summed E-state index contributed by atoms with van der Waals surface area (Å²) in [7, 11) is 0. The summed E-state index contributed by atoms with van der Waals surface area (Å²) in [5.41, 5.74) is 5.21. The molecule has 0 bridgehead atoms. The van der Waals surface area contributed by atoms with Crippen LogP contribution in [-0.4, -0.2) is 11.8 Å². The monoisotopic (exact) mass is 248 g/mol. The summed E-state index contributed by atoms with van der Waals surface area (Å²) in [4.78, 5) is 23.2. The van der Waals surface area contributed by atoms with Crippen LogP contribution in [-0.2, 0) is 4.79 Å². The smallest absolute Gasteiger partial charge is 0.273 e. The van der Waals surface area contributed by atoms with E-state index in [1.165, 1.54) is 6.26 Å². The van der Waals surface area contributed by atoms with Gasteiger partial charge in [0.15, 0.2) is 0 Å². The molecule has 5 heteroatoms. The Hall–Kier alpha value is -2.04. The summed E-state index contributed by atoms with van der Waals surface area (Å²) >= 11 is 0. The number of hydrazine groups is 1. The van der Waals surface area contributed by atoms with Crippen LogP contribution in [0.3, 0.4) is 0 Å². The van der Waals surface area contributed by atoms with Crippen LogP contribution in [0.25, 0.3) is 0 Å². The fourth-order valence-electron chi connectivity index (χ4n) is 1.97. The molecule has 18 heavy (non-hydrogen) atoms. The van der Waals surface area contributed by atoms with Gasteiger partial charge in [0.05, 0.1) is 11.8 Å². The second-order valence-electron chi connectivity index (χ2n) is 4.36. The van der Waals surface area contributed by atoms with Crippen molar-refractivity contribution in [1.82, 2.24) is 10.9 Å². The molecule has 1 unspecified atom stereocenters. The van der Waals surface area contributed by atoms with Crippen molar-refractivity contribution in [2.24, 2.45) is 5.92 Å². The maximum atomic E-state index is 11.7. The topological polar surface area (TPSA) is 71.3 Å². The van der Waals surface area contributed by atoms with Crippen molar-refractivity contribution in [1.29, 1.82) is 0 Å². The highest BCUT2D eigenvalue weighted by Gasteiger charge is 2.15. The normalized spacial score (nSPS) is 17.7. The molecule has 2 rings (SSSR count). The molecule has 0 aromatic carbocycles. The summed E-state index contributed by atoms with van der Waals surface area (Å²) in [6.07, 6.45) is 7.99. The highest BCUT2D eigenvalue weighted by Crippen LogP contribution is 2.19. The quantitative estimate of drug-likeness (QED) is 0.631. The van der Waals surface area contributed by atoms with Gasteiger partial charge in [0.2, 0.25) is 5.91 Å². The number of allylic oxidation sites excluding steroid dienone is 2. The van der Waals surface area contributed by atoms with Gasteiger partial charge >= 0.3 is 0 Å². The van der Waals surface area contributed by atoms with E-state index in [9.17, 15) is 9.59 Å². The van der Waals surface area contributed by atoms with E-state index in [2.05, 4.69) is 16.9 Å². The summed E-state index contributed by atoms with van der Waals surface area (Å²) in [6.45, 7) is 1.69. The van der Waals surface area contributed by atoms with Crippen LogP contribution in [0, 0.1) is 12.8 Å². The molecular weight excluding hydrogens is 232 g/mol. The Morgan fingerprint density at radius 1 is 1.44 bits per heavy atom. The zero-order valence-electron chi connectivity index (χ0n) is 10.2. The zero-order valence-corrected chi connectivity index (χ0v) is 10.2. The van der Waals surface area contributed by atoms with Gasteiger partial charge in [-0.2, -0.15) is 0 Å². The first-order valence-corrected chi connectivity index (χ1v) is 5.97. The minimum absolute atomic E-state index is 0.180. The summed E-state index contributed by atoms with van der Waals surface area (Å²) in [6, 6.07) is 1.57. The highest BCUT2D eigenvalue weighted by atomic mass is 16.3. The molecule has 2 amide bonds. The molecule has 0 radical (unpaired) electrons. The minimum Gasteiger partial charge on any atom is -0.469 e. The van der Waals surface area contributed by atoms with Crippen LogP contribution >= 0.6 is 0 Å². The summed E-state index contributed by atoms with van der Waals surface area (Å²) < 4.78 is 5.02. The number of hydrogen-bond donors (Lipinski definition) is 2. The largest absolute Gasteiger partial charge is 0.469 e. The van der Waals surface area contributed by atoms with Crippen LogP contribution < -0.4 is 10.9 Å². The third-order valence-electron chi connectivity index (χ3n) is 2.98. The standard InChI is InChI=1S/C13H16N2O3/c1-9-11(6-7-18-9)13(17)15-14-12(16)8-10-4-2-3-5-10/h2,4,6-7,10H,3,5,8H2,1H3,(H,14,16)(H,15,17). The van der Waals surface area contributed by atoms with Gasteiger partial charge < -0.3 is 4.42 Å². The predicted molar refractivity (Wildman–Crippen MR) is 65.5 cm³/mol. The maximum Gasteiger partial charge on any atom is 0.273 e. The first-order chi connectivity index (χ1) is 8.66. The molecule has 0 saturated heterocycles. The molecule has 1 atom stereocenters. The predicted octanol–water partition coefficient (Wildman–Crippen LogP) is 1.71. The molecule has 1 heterocycles. The molecule has 1 aromatic rings. The van der Waals surface area contributed by atoms with Crippen LogP contribution in [0.1, 0.15) is 35.4 Å². The molecule has 1 aromatic heterocycles. The maximum absolute atomic E-state index is 11.7. The van der Waals surface area contributed by atoms with E-state index in [1.54, 1.807) is 13.0 Å². The lowest BCUT2D eigenvalue weighted by Gasteiger charge is -2.09. The van der Waals surface area contributed by atoms with E-state index in [-0.39, 0.29) is 17.7 Å². The van der Waals surface area contributed by atoms with Crippen molar-refractivity contribution in [3.63, 3.8) is 0 Å². The fourth-order valence-corrected chi connectivity index (χ4v) is 1.97. The number of aryl methyl sites for hydroxylation is 1. The number of amides is 2. The van der Waals surface area contributed by atoms with E-state index >= 15 is 0 Å². The third-order valence-corrected chi connectivity index (χ3v) is 2.98. The van der Waals surface area contributed by atoms with Gasteiger partial charge in [0.1, 0.15) is 5.76 Å². The Kier molecular flexibility index (Phi) is 3.82. The van der Waals surface area contributed by atoms with Gasteiger partial charge in [-0.25, -0.2) is 0 Å². The second kappa shape index (κ2) is 5.53. The fraction of sp³-hybridized carbons (Fsp3) is 0.385. The van der Waals surface area contributed by atoms with Crippen LogP contribution in [0.5, 0.6) is 0 Å². The Morgan fingerprint density at radius 3 is 2.89 bits per heavy atom. The molecule has 2 N–H and O–H groups in total. The number of carbonyl (C=O) groups excluding carboxylic acids is 2. The molecule has 1 aliphatic carbocycles. The van der Waals surface area contributed by atoms with E-state index in [0.29, 0.717) is 17.7 Å². The van der Waals surface area contributed by atoms with Gasteiger partial charge in [-0.05, 0) is 31.7 Å². The van der Waals surface area contributed by atoms with Crippen molar-refractivity contribution in [2.75, 3.05) is 0 Å². The van der Waals surface area contributed by atoms with Gasteiger partial charge in [-0.15, -0.1) is 0 Å². The minimum atomic E-state index is -0.364. The molecule has 0 saturated carbocycles. The molecule has 96 valence electrons. The van der Waals surface area contributed by atoms with E-state index in [1.807, 2.05) is 6.08 Å². The van der Waals surface area contributed by atoms with Crippen molar-refractivity contribution in [2.45, 2.75) is 26.2 Å². The van der Waals surface area contributed by atoms with Crippen molar-refractivity contribution in [3.8, 4) is 0 Å². The molecule has 1 aliphatic rings. The third kappa shape index (κ3) is 3.00. The number of rotatable bonds is 3. The Labute approximate surface area is 105 Å². The molecule has 0 aliphatic heterocycles. The number of carbonyl (C=O) groups is 2. The van der Waals surface area contributed by atoms with Gasteiger partial charge in [0.25, 0.3) is 5.91 Å². The van der Waals surface area contributed by atoms with E-state index < -0.39 is 0 Å². The highest BCUT2D eigenvalue weighted by molar-refractivity contribution is 5.96. The lowest BCUT2D eigenvalue weighted by atomic mass is 10.1. The average Bonchev–Trinajstić information content (AvgIpc) is 2.97. The van der Waals surface area contributed by atoms with Crippen molar-refractivity contribution in [3.05, 3.63) is 35.8 Å². The Bertz CT molecular complexity index is 476. The average molecular weight is 248 g/mol. The molecular formula is C13H16N2O3. The molecule has 5 nitrogen and oxygen atoms in total.